The second-order valence-electron chi connectivity index (χ2n) is 3.29. The van der Waals surface area contributed by atoms with Crippen molar-refractivity contribution in [3.8, 4) is 0 Å². The molecule has 0 radical (unpaired) electrons. The van der Waals surface area contributed by atoms with Crippen molar-refractivity contribution in [1.29, 1.82) is 0 Å². The maximum atomic E-state index is 13.2. The van der Waals surface area contributed by atoms with Gasteiger partial charge in [-0.15, -0.1) is 12.4 Å². The summed E-state index contributed by atoms with van der Waals surface area (Å²) in [5.74, 6) is -1.46. The summed E-state index contributed by atoms with van der Waals surface area (Å²) in [6.07, 6.45) is 1.92. The Kier molecular flexibility index (Phi) is 3.84. The molecule has 0 unspecified atom stereocenters. The van der Waals surface area contributed by atoms with Crippen molar-refractivity contribution in [1.82, 2.24) is 5.32 Å². The molecular formula is C10H12ClF2N. The first kappa shape index (κ1) is 11.4. The highest BCUT2D eigenvalue weighted by Gasteiger charge is 2.20. The summed E-state index contributed by atoms with van der Waals surface area (Å²) in [5, 5.41) is 3.13. The Hall–Kier alpha value is -0.670. The van der Waals surface area contributed by atoms with Crippen LogP contribution in [-0.2, 0) is 0 Å². The fourth-order valence-electron chi connectivity index (χ4n) is 1.74. The lowest BCUT2D eigenvalue weighted by atomic mass is 10.0. The van der Waals surface area contributed by atoms with Crippen molar-refractivity contribution < 1.29 is 8.78 Å². The molecule has 78 valence electrons. The molecule has 1 fully saturated rings. The van der Waals surface area contributed by atoms with Gasteiger partial charge in [-0.05, 0) is 25.5 Å². The number of halogens is 3. The quantitative estimate of drug-likeness (QED) is 0.766. The summed E-state index contributed by atoms with van der Waals surface area (Å²) >= 11 is 0. The summed E-state index contributed by atoms with van der Waals surface area (Å²) in [7, 11) is 0. The first-order chi connectivity index (χ1) is 6.29. The van der Waals surface area contributed by atoms with Gasteiger partial charge in [-0.2, -0.15) is 0 Å². The van der Waals surface area contributed by atoms with Crippen molar-refractivity contribution in [2.24, 2.45) is 0 Å². The molecule has 0 aromatic heterocycles. The van der Waals surface area contributed by atoms with Gasteiger partial charge in [-0.25, -0.2) is 8.78 Å². The van der Waals surface area contributed by atoms with Gasteiger partial charge in [0.15, 0.2) is 11.6 Å². The zero-order valence-corrected chi connectivity index (χ0v) is 8.41. The molecule has 0 saturated carbocycles. The molecule has 1 atom stereocenters. The predicted octanol–water partition coefficient (Wildman–Crippen LogP) is 2.81. The van der Waals surface area contributed by atoms with E-state index in [1.54, 1.807) is 12.1 Å². The van der Waals surface area contributed by atoms with Crippen LogP contribution in [0.15, 0.2) is 18.2 Å². The lowest BCUT2D eigenvalue weighted by Crippen LogP contribution is -2.14. The fraction of sp³-hybridized carbons (Fsp3) is 0.400. The van der Waals surface area contributed by atoms with Crippen molar-refractivity contribution in [3.63, 3.8) is 0 Å². The van der Waals surface area contributed by atoms with Gasteiger partial charge in [0.2, 0.25) is 0 Å². The third kappa shape index (κ3) is 2.04. The highest BCUT2D eigenvalue weighted by Crippen LogP contribution is 2.26. The van der Waals surface area contributed by atoms with Crippen LogP contribution in [0.1, 0.15) is 24.4 Å². The fourth-order valence-corrected chi connectivity index (χ4v) is 1.74. The molecule has 14 heavy (non-hydrogen) atoms. The molecule has 0 amide bonds. The minimum absolute atomic E-state index is 0. The van der Waals surface area contributed by atoms with Gasteiger partial charge >= 0.3 is 0 Å². The van der Waals surface area contributed by atoms with Gasteiger partial charge in [0.25, 0.3) is 0 Å². The molecule has 0 bridgehead atoms. The van der Waals surface area contributed by atoms with Crippen molar-refractivity contribution in [3.05, 3.63) is 35.4 Å². The van der Waals surface area contributed by atoms with E-state index in [1.165, 1.54) is 0 Å². The molecule has 0 spiro atoms. The Morgan fingerprint density at radius 1 is 1.29 bits per heavy atom. The van der Waals surface area contributed by atoms with E-state index in [0.717, 1.165) is 25.5 Å². The van der Waals surface area contributed by atoms with Crippen molar-refractivity contribution in [2.45, 2.75) is 18.9 Å². The predicted molar refractivity (Wildman–Crippen MR) is 53.6 cm³/mol. The average molecular weight is 220 g/mol. The Balaban J connectivity index is 0.000000980. The minimum atomic E-state index is -0.758. The molecule has 1 aromatic carbocycles. The van der Waals surface area contributed by atoms with E-state index < -0.39 is 11.6 Å². The highest BCUT2D eigenvalue weighted by atomic mass is 35.5. The summed E-state index contributed by atoms with van der Waals surface area (Å²) in [5.41, 5.74) is 0.456. The summed E-state index contributed by atoms with van der Waals surface area (Å²) in [6.45, 7) is 0.890. The number of hydrogen-bond acceptors (Lipinski definition) is 1. The van der Waals surface area contributed by atoms with Crippen LogP contribution in [0.3, 0.4) is 0 Å². The van der Waals surface area contributed by atoms with Crippen LogP contribution >= 0.6 is 12.4 Å². The normalized spacial score (nSPS) is 20.6. The van der Waals surface area contributed by atoms with Crippen LogP contribution in [0, 0.1) is 11.6 Å². The Morgan fingerprint density at radius 2 is 2.07 bits per heavy atom. The zero-order valence-electron chi connectivity index (χ0n) is 7.59. The SMILES string of the molecule is Cl.Fc1cccc([C@@H]2CCCN2)c1F. The molecule has 2 rings (SSSR count). The van der Waals surface area contributed by atoms with Crippen LogP contribution in [0.5, 0.6) is 0 Å². The number of hydrogen-bond donors (Lipinski definition) is 1. The first-order valence-electron chi connectivity index (χ1n) is 4.46. The molecule has 0 aliphatic carbocycles. The topological polar surface area (TPSA) is 12.0 Å². The number of nitrogens with one attached hydrogen (secondary N) is 1. The Labute approximate surface area is 87.9 Å². The van der Waals surface area contributed by atoms with E-state index in [-0.39, 0.29) is 18.4 Å². The number of rotatable bonds is 1. The van der Waals surface area contributed by atoms with Crippen LogP contribution < -0.4 is 5.32 Å². The van der Waals surface area contributed by atoms with Gasteiger partial charge < -0.3 is 5.32 Å². The molecule has 1 nitrogen and oxygen atoms in total. The van der Waals surface area contributed by atoms with E-state index in [0.29, 0.717) is 5.56 Å². The smallest absolute Gasteiger partial charge is 0.163 e. The minimum Gasteiger partial charge on any atom is -0.310 e. The van der Waals surface area contributed by atoms with E-state index in [1.807, 2.05) is 0 Å². The van der Waals surface area contributed by atoms with E-state index in [2.05, 4.69) is 5.32 Å². The summed E-state index contributed by atoms with van der Waals surface area (Å²) in [6, 6.07) is 4.33. The Bertz CT molecular complexity index is 311. The van der Waals surface area contributed by atoms with E-state index >= 15 is 0 Å². The average Bonchev–Trinajstić information content (AvgIpc) is 2.62. The third-order valence-electron chi connectivity index (χ3n) is 2.42. The van der Waals surface area contributed by atoms with Gasteiger partial charge in [0.05, 0.1) is 0 Å². The van der Waals surface area contributed by atoms with Crippen molar-refractivity contribution in [2.75, 3.05) is 6.54 Å². The van der Waals surface area contributed by atoms with Crippen molar-refractivity contribution >= 4 is 12.4 Å². The maximum Gasteiger partial charge on any atom is 0.163 e. The lowest BCUT2D eigenvalue weighted by molar-refractivity contribution is 0.481. The van der Waals surface area contributed by atoms with Crippen LogP contribution in [-0.4, -0.2) is 6.54 Å². The Morgan fingerprint density at radius 3 is 2.71 bits per heavy atom. The molecule has 1 saturated heterocycles. The zero-order chi connectivity index (χ0) is 9.26. The standard InChI is InChI=1S/C10H11F2N.ClH/c11-8-4-1-3-7(10(8)12)9-5-2-6-13-9;/h1,3-4,9,13H,2,5-6H2;1H/t9-;/m0./s1. The monoisotopic (exact) mass is 219 g/mol. The van der Waals surface area contributed by atoms with Gasteiger partial charge in [0.1, 0.15) is 0 Å². The van der Waals surface area contributed by atoms with Gasteiger partial charge in [0, 0.05) is 11.6 Å². The van der Waals surface area contributed by atoms with Crippen LogP contribution in [0.25, 0.3) is 0 Å². The molecule has 1 aliphatic rings. The van der Waals surface area contributed by atoms with E-state index in [9.17, 15) is 8.78 Å². The first-order valence-corrected chi connectivity index (χ1v) is 4.46. The second kappa shape index (κ2) is 4.71. The molecule has 1 aliphatic heterocycles. The van der Waals surface area contributed by atoms with Crippen LogP contribution in [0.4, 0.5) is 8.78 Å². The van der Waals surface area contributed by atoms with Crippen LogP contribution in [0.2, 0.25) is 0 Å². The van der Waals surface area contributed by atoms with Gasteiger partial charge in [-0.1, -0.05) is 12.1 Å². The highest BCUT2D eigenvalue weighted by molar-refractivity contribution is 5.85. The molecule has 4 heteroatoms. The molecule has 1 heterocycles. The molecular weight excluding hydrogens is 208 g/mol. The largest absolute Gasteiger partial charge is 0.310 e. The lowest BCUT2D eigenvalue weighted by Gasteiger charge is -2.11. The molecule has 1 N–H and O–H groups in total. The summed E-state index contributed by atoms with van der Waals surface area (Å²) < 4.78 is 26.1. The second-order valence-corrected chi connectivity index (χ2v) is 3.29. The summed E-state index contributed by atoms with van der Waals surface area (Å²) in [4.78, 5) is 0. The number of benzene rings is 1. The molecule has 1 aromatic rings. The third-order valence-corrected chi connectivity index (χ3v) is 2.42. The maximum absolute atomic E-state index is 13.2. The van der Waals surface area contributed by atoms with E-state index in [4.69, 9.17) is 0 Å². The van der Waals surface area contributed by atoms with Gasteiger partial charge in [-0.3, -0.25) is 0 Å².